The molecule has 1 aromatic carbocycles. The number of ether oxygens (including phenoxy) is 1. The summed E-state index contributed by atoms with van der Waals surface area (Å²) in [6.07, 6.45) is 3.85. The summed E-state index contributed by atoms with van der Waals surface area (Å²) in [5.41, 5.74) is 2.24. The molecule has 0 radical (unpaired) electrons. The zero-order valence-electron chi connectivity index (χ0n) is 11.0. The molecular weight excluding hydrogens is 254 g/mol. The third-order valence-electron chi connectivity index (χ3n) is 3.90. The van der Waals surface area contributed by atoms with E-state index in [1.807, 2.05) is 24.3 Å². The maximum absolute atomic E-state index is 12.5. The molecular formula is C15H15N3O2. The molecule has 1 aliphatic heterocycles. The van der Waals surface area contributed by atoms with Crippen LogP contribution in [0.2, 0.25) is 0 Å². The number of nitrogens with one attached hydrogen (secondary N) is 1. The maximum Gasteiger partial charge on any atom is 0.277 e. The van der Waals surface area contributed by atoms with Crippen molar-refractivity contribution in [3.8, 4) is 0 Å². The number of aromatic amines is 1. The van der Waals surface area contributed by atoms with Crippen molar-refractivity contribution in [2.24, 2.45) is 0 Å². The average molecular weight is 269 g/mol. The number of hydrogen-bond donors (Lipinski definition) is 1. The van der Waals surface area contributed by atoms with Gasteiger partial charge in [-0.05, 0) is 18.9 Å². The second kappa shape index (κ2) is 4.45. The van der Waals surface area contributed by atoms with Crippen molar-refractivity contribution >= 4 is 21.9 Å². The molecule has 0 bridgehead atoms. The van der Waals surface area contributed by atoms with Gasteiger partial charge in [-0.1, -0.05) is 18.2 Å². The highest BCUT2D eigenvalue weighted by atomic mass is 16.5. The molecule has 5 nitrogen and oxygen atoms in total. The van der Waals surface area contributed by atoms with E-state index in [0.717, 1.165) is 35.9 Å². The predicted molar refractivity (Wildman–Crippen MR) is 76.8 cm³/mol. The van der Waals surface area contributed by atoms with Crippen LogP contribution in [0, 0.1) is 0 Å². The first kappa shape index (κ1) is 11.7. The minimum absolute atomic E-state index is 0.0262. The van der Waals surface area contributed by atoms with E-state index in [-0.39, 0.29) is 11.7 Å². The van der Waals surface area contributed by atoms with Crippen LogP contribution in [-0.4, -0.2) is 27.2 Å². The fourth-order valence-electron chi connectivity index (χ4n) is 2.88. The van der Waals surface area contributed by atoms with E-state index < -0.39 is 0 Å². The van der Waals surface area contributed by atoms with E-state index in [1.165, 1.54) is 0 Å². The molecule has 2 aromatic heterocycles. The molecule has 0 aliphatic carbocycles. The molecule has 1 saturated heterocycles. The first-order valence-electron chi connectivity index (χ1n) is 6.90. The lowest BCUT2D eigenvalue weighted by atomic mass is 10.2. The molecule has 1 fully saturated rings. The highest BCUT2D eigenvalue weighted by Crippen LogP contribution is 2.21. The Bertz CT molecular complexity index is 828. The molecule has 3 aromatic rings. The summed E-state index contributed by atoms with van der Waals surface area (Å²) in [6.45, 7) is 1.37. The van der Waals surface area contributed by atoms with Crippen LogP contribution in [0.3, 0.4) is 0 Å². The monoisotopic (exact) mass is 269 g/mol. The van der Waals surface area contributed by atoms with Gasteiger partial charge >= 0.3 is 0 Å². The third-order valence-corrected chi connectivity index (χ3v) is 3.90. The zero-order valence-corrected chi connectivity index (χ0v) is 11.0. The number of para-hydroxylation sites is 1. The van der Waals surface area contributed by atoms with Crippen molar-refractivity contribution < 1.29 is 4.74 Å². The first-order chi connectivity index (χ1) is 9.83. The van der Waals surface area contributed by atoms with Gasteiger partial charge in [-0.3, -0.25) is 9.36 Å². The van der Waals surface area contributed by atoms with Crippen molar-refractivity contribution in [2.75, 3.05) is 6.61 Å². The molecule has 4 rings (SSSR count). The van der Waals surface area contributed by atoms with Crippen LogP contribution in [0.1, 0.15) is 12.8 Å². The number of hydrogen-bond acceptors (Lipinski definition) is 3. The van der Waals surface area contributed by atoms with Gasteiger partial charge in [0.15, 0.2) is 0 Å². The van der Waals surface area contributed by atoms with Gasteiger partial charge in [0.2, 0.25) is 0 Å². The number of rotatable bonds is 2. The van der Waals surface area contributed by atoms with E-state index in [0.29, 0.717) is 12.1 Å². The van der Waals surface area contributed by atoms with Crippen molar-refractivity contribution in [1.29, 1.82) is 0 Å². The van der Waals surface area contributed by atoms with Crippen molar-refractivity contribution in [3.63, 3.8) is 0 Å². The SMILES string of the molecule is O=c1c2[nH]c3ccccc3c2ncn1C[C@H]1CCCO1. The molecule has 0 saturated carbocycles. The Balaban J connectivity index is 1.85. The Kier molecular flexibility index (Phi) is 2.60. The third kappa shape index (κ3) is 1.74. The standard InChI is InChI=1S/C15H15N3O2/c19-15-14-13(11-5-1-2-6-12(11)17-14)16-9-18(15)8-10-4-3-7-20-10/h1-2,5-6,9-10,17H,3-4,7-8H2/t10-/m1/s1. The topological polar surface area (TPSA) is 59.9 Å². The second-order valence-corrected chi connectivity index (χ2v) is 5.23. The zero-order chi connectivity index (χ0) is 13.5. The number of fused-ring (bicyclic) bond motifs is 3. The summed E-state index contributed by atoms with van der Waals surface area (Å²) < 4.78 is 7.23. The Hall–Kier alpha value is -2.14. The molecule has 1 N–H and O–H groups in total. The largest absolute Gasteiger partial charge is 0.376 e. The molecule has 3 heterocycles. The lowest BCUT2D eigenvalue weighted by Crippen LogP contribution is -2.26. The van der Waals surface area contributed by atoms with Gasteiger partial charge < -0.3 is 9.72 Å². The Morgan fingerprint density at radius 3 is 3.15 bits per heavy atom. The van der Waals surface area contributed by atoms with E-state index in [9.17, 15) is 4.79 Å². The Labute approximate surface area is 115 Å². The lowest BCUT2D eigenvalue weighted by molar-refractivity contribution is 0.0960. The van der Waals surface area contributed by atoms with Gasteiger partial charge in [0.25, 0.3) is 5.56 Å². The van der Waals surface area contributed by atoms with Crippen LogP contribution in [-0.2, 0) is 11.3 Å². The van der Waals surface area contributed by atoms with E-state index in [4.69, 9.17) is 4.74 Å². The smallest absolute Gasteiger partial charge is 0.277 e. The van der Waals surface area contributed by atoms with E-state index in [1.54, 1.807) is 10.9 Å². The summed E-state index contributed by atoms with van der Waals surface area (Å²) in [6, 6.07) is 7.84. The van der Waals surface area contributed by atoms with Crippen molar-refractivity contribution in [3.05, 3.63) is 40.9 Å². The summed E-state index contributed by atoms with van der Waals surface area (Å²) in [5.74, 6) is 0. The molecule has 0 spiro atoms. The average Bonchev–Trinajstić information content (AvgIpc) is 3.09. The second-order valence-electron chi connectivity index (χ2n) is 5.23. The van der Waals surface area contributed by atoms with Crippen molar-refractivity contribution in [1.82, 2.24) is 14.5 Å². The first-order valence-corrected chi connectivity index (χ1v) is 6.90. The van der Waals surface area contributed by atoms with Crippen molar-refractivity contribution in [2.45, 2.75) is 25.5 Å². The maximum atomic E-state index is 12.5. The van der Waals surface area contributed by atoms with Crippen LogP contribution in [0.5, 0.6) is 0 Å². The van der Waals surface area contributed by atoms with Crippen LogP contribution in [0.15, 0.2) is 35.4 Å². The normalized spacial score (nSPS) is 19.1. The number of aromatic nitrogens is 3. The van der Waals surface area contributed by atoms with Crippen LogP contribution >= 0.6 is 0 Å². The molecule has 0 amide bonds. The van der Waals surface area contributed by atoms with Gasteiger partial charge in [-0.2, -0.15) is 0 Å². The Morgan fingerprint density at radius 2 is 2.30 bits per heavy atom. The summed E-state index contributed by atoms with van der Waals surface area (Å²) >= 11 is 0. The number of nitrogens with zero attached hydrogens (tertiary/aromatic N) is 2. The van der Waals surface area contributed by atoms with E-state index >= 15 is 0 Å². The molecule has 1 aliphatic rings. The molecule has 1 atom stereocenters. The molecule has 5 heteroatoms. The summed E-state index contributed by atoms with van der Waals surface area (Å²) in [7, 11) is 0. The van der Waals surface area contributed by atoms with E-state index in [2.05, 4.69) is 9.97 Å². The summed E-state index contributed by atoms with van der Waals surface area (Å²) in [4.78, 5) is 20.1. The highest BCUT2D eigenvalue weighted by Gasteiger charge is 2.18. The lowest BCUT2D eigenvalue weighted by Gasteiger charge is -2.10. The van der Waals surface area contributed by atoms with Crippen LogP contribution < -0.4 is 5.56 Å². The fraction of sp³-hybridized carbons (Fsp3) is 0.333. The summed E-state index contributed by atoms with van der Waals surface area (Å²) in [5, 5.41) is 0.990. The quantitative estimate of drug-likeness (QED) is 0.774. The minimum atomic E-state index is -0.0262. The number of benzene rings is 1. The predicted octanol–water partition coefficient (Wildman–Crippen LogP) is 2.06. The molecule has 0 unspecified atom stereocenters. The van der Waals surface area contributed by atoms with Gasteiger partial charge in [0.05, 0.1) is 19.0 Å². The number of H-pyrrole nitrogens is 1. The Morgan fingerprint density at radius 1 is 1.40 bits per heavy atom. The molecule has 102 valence electrons. The fourth-order valence-corrected chi connectivity index (χ4v) is 2.88. The van der Waals surface area contributed by atoms with Gasteiger partial charge in [0.1, 0.15) is 11.0 Å². The molecule has 20 heavy (non-hydrogen) atoms. The highest BCUT2D eigenvalue weighted by molar-refractivity contribution is 6.04. The van der Waals surface area contributed by atoms with Crippen LogP contribution in [0.25, 0.3) is 21.9 Å². The van der Waals surface area contributed by atoms with Gasteiger partial charge in [-0.25, -0.2) is 4.98 Å². The minimum Gasteiger partial charge on any atom is -0.376 e. The van der Waals surface area contributed by atoms with Gasteiger partial charge in [0, 0.05) is 17.5 Å². The van der Waals surface area contributed by atoms with Crippen LogP contribution in [0.4, 0.5) is 0 Å². The van der Waals surface area contributed by atoms with Gasteiger partial charge in [-0.15, -0.1) is 0 Å².